The molecule has 152 valence electrons. The van der Waals surface area contributed by atoms with Crippen molar-refractivity contribution in [2.45, 2.75) is 34.2 Å². The maximum Gasteiger partial charge on any atom is 0.457 e. The zero-order chi connectivity index (χ0) is 20.2. The van der Waals surface area contributed by atoms with Gasteiger partial charge in [0.25, 0.3) is 0 Å². The minimum absolute atomic E-state index is 0.265. The van der Waals surface area contributed by atoms with Gasteiger partial charge in [-0.2, -0.15) is 0 Å². The van der Waals surface area contributed by atoms with Gasteiger partial charge in [0.2, 0.25) is 10.6 Å². The molecule has 0 aliphatic rings. The highest BCUT2D eigenvalue weighted by Crippen LogP contribution is 2.18. The number of benzene rings is 1. The van der Waals surface area contributed by atoms with Gasteiger partial charge in [-0.25, -0.2) is 0 Å². The highest BCUT2D eigenvalue weighted by Gasteiger charge is 2.20. The van der Waals surface area contributed by atoms with Gasteiger partial charge in [-0.1, -0.05) is 11.6 Å². The lowest BCUT2D eigenvalue weighted by Crippen LogP contribution is -2.32. The summed E-state index contributed by atoms with van der Waals surface area (Å²) in [4.78, 5) is 10.5. The van der Waals surface area contributed by atoms with E-state index >= 15 is 0 Å². The number of hydrazine groups is 2. The highest BCUT2D eigenvalue weighted by atomic mass is 35.5. The van der Waals surface area contributed by atoms with Gasteiger partial charge in [0.1, 0.15) is 5.75 Å². The Kier molecular flexibility index (Phi) is 9.80. The Labute approximate surface area is 163 Å². The van der Waals surface area contributed by atoms with E-state index in [9.17, 15) is 10.4 Å². The van der Waals surface area contributed by atoms with E-state index in [0.717, 1.165) is 0 Å². The van der Waals surface area contributed by atoms with Gasteiger partial charge in [-0.05, 0) is 52.0 Å². The Bertz CT molecular complexity index is 577. The van der Waals surface area contributed by atoms with Crippen LogP contribution in [0.5, 0.6) is 5.75 Å². The number of hydrogen-bond acceptors (Lipinski definition) is 7. The van der Waals surface area contributed by atoms with Gasteiger partial charge in [-0.15, -0.1) is 10.0 Å². The molecule has 0 heterocycles. The first kappa shape index (κ1) is 22.4. The molecule has 12 heteroatoms. The fourth-order valence-electron chi connectivity index (χ4n) is 1.88. The average molecular weight is 405 g/mol. The molecule has 1 rings (SSSR count). The van der Waals surface area contributed by atoms with Crippen molar-refractivity contribution in [3.8, 4) is 5.75 Å². The number of ether oxygens (including phenoxy) is 1. The zero-order valence-electron chi connectivity index (χ0n) is 15.8. The molecule has 0 unspecified atom stereocenters. The van der Waals surface area contributed by atoms with E-state index in [2.05, 4.69) is 10.6 Å². The fraction of sp³-hybridized carbons (Fsp3) is 0.600. The molecule has 0 radical (unpaired) electrons. The van der Waals surface area contributed by atoms with Crippen LogP contribution < -0.4 is 4.74 Å². The maximum absolute atomic E-state index is 11.9. The molecule has 11 nitrogen and oxygen atoms in total. The van der Waals surface area contributed by atoms with Gasteiger partial charge in [0, 0.05) is 5.02 Å². The van der Waals surface area contributed by atoms with Crippen LogP contribution in [0.2, 0.25) is 5.02 Å². The lowest BCUT2D eigenvalue weighted by atomic mass is 10.3. The summed E-state index contributed by atoms with van der Waals surface area (Å²) < 4.78 is 5.41. The minimum Gasteiger partial charge on any atom is -0.569 e. The Morgan fingerprint density at radius 1 is 0.889 bits per heavy atom. The van der Waals surface area contributed by atoms with E-state index in [0.29, 0.717) is 37.0 Å². The summed E-state index contributed by atoms with van der Waals surface area (Å²) in [5, 5.41) is 33.7. The van der Waals surface area contributed by atoms with Crippen LogP contribution in [0.15, 0.2) is 34.8 Å². The lowest BCUT2D eigenvalue weighted by molar-refractivity contribution is -0.723. The second-order valence-corrected chi connectivity index (χ2v) is 5.45. The Hall–Kier alpha value is -2.69. The first-order valence-electron chi connectivity index (χ1n) is 8.55. The third-order valence-electron chi connectivity index (χ3n) is 3.40. The predicted molar refractivity (Wildman–Crippen MR) is 96.0 cm³/mol. The molecule has 1 aromatic carbocycles. The molecule has 0 spiro atoms. The molecule has 0 amide bonds. The van der Waals surface area contributed by atoms with Gasteiger partial charge in [0.15, 0.2) is 0 Å². The fourth-order valence-corrected chi connectivity index (χ4v) is 2.00. The summed E-state index contributed by atoms with van der Waals surface area (Å²) in [5.74, 6) is 0.315. The second kappa shape index (κ2) is 11.8. The molecule has 0 saturated heterocycles. The first-order chi connectivity index (χ1) is 12.9. The summed E-state index contributed by atoms with van der Waals surface area (Å²) in [5.41, 5.74) is 0. The molecular formula is C15H25ClN6O5. The Balaban J connectivity index is 2.89. The van der Waals surface area contributed by atoms with Gasteiger partial charge in [0.05, 0.1) is 36.1 Å². The third kappa shape index (κ3) is 7.60. The molecule has 0 saturated carbocycles. The molecular weight excluding hydrogens is 380 g/mol. The largest absolute Gasteiger partial charge is 0.569 e. The van der Waals surface area contributed by atoms with E-state index in [1.54, 1.807) is 52.0 Å². The van der Waals surface area contributed by atoms with E-state index in [-0.39, 0.29) is 9.94 Å². The normalized spacial score (nSPS) is 13.1. The number of rotatable bonds is 12. The molecule has 0 fully saturated rings. The van der Waals surface area contributed by atoms with Crippen LogP contribution >= 0.6 is 11.6 Å². The molecule has 0 bridgehead atoms. The van der Waals surface area contributed by atoms with Gasteiger partial charge in [-0.3, -0.25) is 9.68 Å². The summed E-state index contributed by atoms with van der Waals surface area (Å²) in [6.07, 6.45) is 0. The van der Waals surface area contributed by atoms with Crippen molar-refractivity contribution in [2.24, 2.45) is 10.6 Å². The molecule has 0 N–H and O–H groups in total. The highest BCUT2D eigenvalue weighted by molar-refractivity contribution is 6.30. The molecule has 0 aromatic heterocycles. The molecule has 0 atom stereocenters. The zero-order valence-corrected chi connectivity index (χ0v) is 16.6. The van der Waals surface area contributed by atoms with Gasteiger partial charge < -0.3 is 15.2 Å². The van der Waals surface area contributed by atoms with E-state index in [1.165, 1.54) is 10.0 Å². The van der Waals surface area contributed by atoms with Crippen molar-refractivity contribution in [2.75, 3.05) is 26.2 Å². The van der Waals surface area contributed by atoms with E-state index in [4.69, 9.17) is 26.0 Å². The molecule has 0 aliphatic heterocycles. The van der Waals surface area contributed by atoms with Crippen molar-refractivity contribution in [1.29, 1.82) is 0 Å². The summed E-state index contributed by atoms with van der Waals surface area (Å²) in [6, 6.07) is 6.29. The second-order valence-electron chi connectivity index (χ2n) is 5.02. The summed E-state index contributed by atoms with van der Waals surface area (Å²) in [7, 11) is 0. The van der Waals surface area contributed by atoms with Crippen LogP contribution in [0.4, 0.5) is 0 Å². The van der Waals surface area contributed by atoms with Crippen molar-refractivity contribution in [3.63, 3.8) is 0 Å². The Morgan fingerprint density at radius 3 is 1.67 bits per heavy atom. The van der Waals surface area contributed by atoms with E-state index < -0.39 is 6.48 Å². The quantitative estimate of drug-likeness (QED) is 0.227. The van der Waals surface area contributed by atoms with Crippen LogP contribution in [-0.2, 0) is 9.68 Å². The molecule has 0 aliphatic carbocycles. The number of hydrogen-bond donors (Lipinski definition) is 0. The van der Waals surface area contributed by atoms with Gasteiger partial charge >= 0.3 is 6.48 Å². The third-order valence-corrected chi connectivity index (χ3v) is 3.65. The van der Waals surface area contributed by atoms with Crippen molar-refractivity contribution in [1.82, 2.24) is 10.0 Å². The van der Waals surface area contributed by atoms with Crippen molar-refractivity contribution < 1.29 is 24.4 Å². The summed E-state index contributed by atoms with van der Waals surface area (Å²) >= 11 is 5.83. The van der Waals surface area contributed by atoms with Crippen LogP contribution in [0, 0.1) is 10.4 Å². The van der Waals surface area contributed by atoms with Crippen molar-refractivity contribution >= 4 is 11.6 Å². The van der Waals surface area contributed by atoms with Crippen molar-refractivity contribution in [3.05, 3.63) is 39.7 Å². The Morgan fingerprint density at radius 2 is 1.30 bits per heavy atom. The number of nitrogens with zero attached hydrogens (tertiary/aromatic N) is 6. The van der Waals surface area contributed by atoms with Crippen LogP contribution in [0.1, 0.15) is 27.7 Å². The topological polar surface area (TPSA) is 111 Å². The van der Waals surface area contributed by atoms with E-state index in [1.807, 2.05) is 0 Å². The lowest BCUT2D eigenvalue weighted by Gasteiger charge is -2.16. The molecule has 27 heavy (non-hydrogen) atoms. The summed E-state index contributed by atoms with van der Waals surface area (Å²) in [6.45, 7) is 7.30. The van der Waals surface area contributed by atoms with Crippen LogP contribution in [-0.4, -0.2) is 52.6 Å². The molecule has 1 aromatic rings. The monoisotopic (exact) mass is 404 g/mol. The average Bonchev–Trinajstić information content (AvgIpc) is 2.67. The maximum atomic E-state index is 11.9. The first-order valence-corrected chi connectivity index (χ1v) is 8.92. The van der Waals surface area contributed by atoms with Crippen LogP contribution in [0.3, 0.4) is 0 Å². The standard InChI is InChI=1S/C15H25ClN6O5/c1-5-19(6-2)21(23)17-26-15(25-14-11-9-13(16)10-12-14)27-18-22(24)20(7-3)8-4/h9-12,15H,5-8H2,1-4H3. The predicted octanol–water partition coefficient (Wildman–Crippen LogP) is 3.30. The number of halogens is 1. The SMILES string of the molecule is CCN(CC)[N+]([O-])=NOC(ON=[N+]([O-])N(CC)CC)Oc1ccc(Cl)cc1. The minimum atomic E-state index is -1.56. The van der Waals surface area contributed by atoms with Crippen LogP contribution in [0.25, 0.3) is 0 Å². The smallest absolute Gasteiger partial charge is 0.457 e.